The van der Waals surface area contributed by atoms with E-state index in [1.165, 1.54) is 8.61 Å². The number of hydrogen-bond acceptors (Lipinski definition) is 5. The fraction of sp³-hybridized carbons (Fsp3) is 0.688. The standard InChI is InChI=1S/C16H25N3O4S/c1-18(2)24(20,21)19-12-16(13-19)11-14(7-10-23-16)6-9-22-15-5-3-4-8-17-15/h3-5,8,14H,6-7,9-13H2,1-2H3. The number of pyridine rings is 1. The first-order chi connectivity index (χ1) is 11.4. The van der Waals surface area contributed by atoms with E-state index in [2.05, 4.69) is 4.98 Å². The van der Waals surface area contributed by atoms with Crippen molar-refractivity contribution in [3.05, 3.63) is 24.4 Å². The second-order valence-electron chi connectivity index (χ2n) is 6.75. The van der Waals surface area contributed by atoms with Gasteiger partial charge < -0.3 is 9.47 Å². The molecule has 0 bridgehead atoms. The monoisotopic (exact) mass is 355 g/mol. The molecule has 3 heterocycles. The maximum absolute atomic E-state index is 12.1. The summed E-state index contributed by atoms with van der Waals surface area (Å²) in [5.74, 6) is 1.14. The zero-order chi connectivity index (χ0) is 17.2. The Morgan fingerprint density at radius 2 is 2.21 bits per heavy atom. The number of hydrogen-bond donors (Lipinski definition) is 0. The Morgan fingerprint density at radius 3 is 2.88 bits per heavy atom. The minimum Gasteiger partial charge on any atom is -0.478 e. The van der Waals surface area contributed by atoms with E-state index in [0.717, 1.165) is 19.3 Å². The van der Waals surface area contributed by atoms with Gasteiger partial charge in [-0.3, -0.25) is 0 Å². The molecule has 2 aliphatic rings. The zero-order valence-electron chi connectivity index (χ0n) is 14.2. The molecule has 8 heteroatoms. The Labute approximate surface area is 143 Å². The van der Waals surface area contributed by atoms with Gasteiger partial charge in [0, 0.05) is 46.1 Å². The lowest BCUT2D eigenvalue weighted by atomic mass is 9.80. The molecule has 7 nitrogen and oxygen atoms in total. The second-order valence-corrected chi connectivity index (χ2v) is 8.90. The van der Waals surface area contributed by atoms with Crippen molar-refractivity contribution in [2.24, 2.45) is 5.92 Å². The van der Waals surface area contributed by atoms with E-state index >= 15 is 0 Å². The molecule has 134 valence electrons. The van der Waals surface area contributed by atoms with Crippen molar-refractivity contribution in [3.63, 3.8) is 0 Å². The Kier molecular flexibility index (Phi) is 5.10. The molecular weight excluding hydrogens is 330 g/mol. The Morgan fingerprint density at radius 1 is 1.42 bits per heavy atom. The number of ether oxygens (including phenoxy) is 2. The topological polar surface area (TPSA) is 72.0 Å². The summed E-state index contributed by atoms with van der Waals surface area (Å²) >= 11 is 0. The molecule has 0 saturated carbocycles. The summed E-state index contributed by atoms with van der Waals surface area (Å²) in [6.45, 7) is 2.21. The van der Waals surface area contributed by atoms with Gasteiger partial charge >= 0.3 is 0 Å². The van der Waals surface area contributed by atoms with Crippen LogP contribution in [0.2, 0.25) is 0 Å². The number of rotatable bonds is 6. The van der Waals surface area contributed by atoms with Crippen LogP contribution in [-0.2, 0) is 14.9 Å². The van der Waals surface area contributed by atoms with Crippen LogP contribution in [0.1, 0.15) is 19.3 Å². The molecule has 1 unspecified atom stereocenters. The molecule has 0 amide bonds. The normalized spacial score (nSPS) is 24.0. The molecule has 1 spiro atoms. The van der Waals surface area contributed by atoms with Gasteiger partial charge in [0.05, 0.1) is 12.2 Å². The average Bonchev–Trinajstić information content (AvgIpc) is 2.53. The third-order valence-corrected chi connectivity index (χ3v) is 6.56. The van der Waals surface area contributed by atoms with Gasteiger partial charge in [0.15, 0.2) is 0 Å². The van der Waals surface area contributed by atoms with Gasteiger partial charge in [-0.15, -0.1) is 0 Å². The molecule has 2 saturated heterocycles. The largest absolute Gasteiger partial charge is 0.478 e. The molecule has 3 rings (SSSR count). The molecule has 1 aromatic rings. The van der Waals surface area contributed by atoms with Crippen LogP contribution in [0.4, 0.5) is 0 Å². The first-order valence-corrected chi connectivity index (χ1v) is 9.66. The molecular formula is C16H25N3O4S. The lowest BCUT2D eigenvalue weighted by Gasteiger charge is -2.52. The van der Waals surface area contributed by atoms with Crippen LogP contribution in [0, 0.1) is 5.92 Å². The summed E-state index contributed by atoms with van der Waals surface area (Å²) in [4.78, 5) is 4.15. The number of aromatic nitrogens is 1. The fourth-order valence-electron chi connectivity index (χ4n) is 3.35. The van der Waals surface area contributed by atoms with Crippen LogP contribution in [0.25, 0.3) is 0 Å². The van der Waals surface area contributed by atoms with Crippen LogP contribution >= 0.6 is 0 Å². The highest BCUT2D eigenvalue weighted by Gasteiger charge is 2.51. The van der Waals surface area contributed by atoms with Crippen molar-refractivity contribution in [2.45, 2.75) is 24.9 Å². The summed E-state index contributed by atoms with van der Waals surface area (Å²) in [5.41, 5.74) is -0.309. The number of nitrogens with zero attached hydrogens (tertiary/aromatic N) is 3. The summed E-state index contributed by atoms with van der Waals surface area (Å²) < 4.78 is 38.6. The van der Waals surface area contributed by atoms with Gasteiger partial charge in [0.1, 0.15) is 0 Å². The van der Waals surface area contributed by atoms with Gasteiger partial charge in [-0.25, -0.2) is 4.98 Å². The van der Waals surface area contributed by atoms with E-state index in [4.69, 9.17) is 9.47 Å². The van der Waals surface area contributed by atoms with Crippen LogP contribution in [0.15, 0.2) is 24.4 Å². The van der Waals surface area contributed by atoms with Gasteiger partial charge in [-0.05, 0) is 31.2 Å². The smallest absolute Gasteiger partial charge is 0.281 e. The summed E-state index contributed by atoms with van der Waals surface area (Å²) in [7, 11) is -0.222. The predicted molar refractivity (Wildman–Crippen MR) is 89.9 cm³/mol. The second kappa shape index (κ2) is 6.95. The summed E-state index contributed by atoms with van der Waals surface area (Å²) in [5, 5.41) is 0. The predicted octanol–water partition coefficient (Wildman–Crippen LogP) is 1.14. The fourth-order valence-corrected chi connectivity index (χ4v) is 4.61. The molecule has 0 aliphatic carbocycles. The maximum atomic E-state index is 12.1. The molecule has 0 N–H and O–H groups in total. The molecule has 1 aromatic heterocycles. The van der Waals surface area contributed by atoms with Crippen LogP contribution < -0.4 is 4.74 Å². The van der Waals surface area contributed by atoms with E-state index in [9.17, 15) is 8.42 Å². The van der Waals surface area contributed by atoms with E-state index < -0.39 is 10.2 Å². The SMILES string of the molecule is CN(C)S(=O)(=O)N1CC2(CC(CCOc3ccccn3)CCO2)C1. The van der Waals surface area contributed by atoms with E-state index in [-0.39, 0.29) is 5.60 Å². The third kappa shape index (κ3) is 3.72. The van der Waals surface area contributed by atoms with Crippen molar-refractivity contribution < 1.29 is 17.9 Å². The summed E-state index contributed by atoms with van der Waals surface area (Å²) in [6, 6.07) is 5.61. The molecule has 1 atom stereocenters. The first kappa shape index (κ1) is 17.6. The van der Waals surface area contributed by atoms with Crippen molar-refractivity contribution in [1.82, 2.24) is 13.6 Å². The van der Waals surface area contributed by atoms with Gasteiger partial charge in [-0.1, -0.05) is 6.07 Å². The Balaban J connectivity index is 1.47. The van der Waals surface area contributed by atoms with Crippen molar-refractivity contribution in [1.29, 1.82) is 0 Å². The first-order valence-electron chi connectivity index (χ1n) is 8.27. The molecule has 24 heavy (non-hydrogen) atoms. The van der Waals surface area contributed by atoms with Crippen molar-refractivity contribution >= 4 is 10.2 Å². The van der Waals surface area contributed by atoms with Crippen molar-refractivity contribution in [2.75, 3.05) is 40.4 Å². The summed E-state index contributed by atoms with van der Waals surface area (Å²) in [6.07, 6.45) is 4.53. The molecule has 2 fully saturated rings. The van der Waals surface area contributed by atoms with Crippen LogP contribution in [0.5, 0.6) is 5.88 Å². The van der Waals surface area contributed by atoms with E-state index in [1.807, 2.05) is 18.2 Å². The van der Waals surface area contributed by atoms with Crippen LogP contribution in [0.3, 0.4) is 0 Å². The maximum Gasteiger partial charge on any atom is 0.281 e. The highest BCUT2D eigenvalue weighted by Crippen LogP contribution is 2.39. The highest BCUT2D eigenvalue weighted by molar-refractivity contribution is 7.86. The van der Waals surface area contributed by atoms with Gasteiger partial charge in [0.2, 0.25) is 5.88 Å². The lowest BCUT2D eigenvalue weighted by Crippen LogP contribution is -2.67. The van der Waals surface area contributed by atoms with Gasteiger partial charge in [0.25, 0.3) is 10.2 Å². The van der Waals surface area contributed by atoms with E-state index in [0.29, 0.717) is 38.1 Å². The zero-order valence-corrected chi connectivity index (χ0v) is 15.0. The van der Waals surface area contributed by atoms with Crippen molar-refractivity contribution in [3.8, 4) is 5.88 Å². The van der Waals surface area contributed by atoms with Crippen LogP contribution in [-0.4, -0.2) is 68.0 Å². The van der Waals surface area contributed by atoms with Gasteiger partial charge in [-0.2, -0.15) is 17.0 Å². The molecule has 2 aliphatic heterocycles. The molecule has 0 radical (unpaired) electrons. The minimum absolute atomic E-state index is 0.309. The minimum atomic E-state index is -3.33. The Hall–Kier alpha value is -1.22. The lowest BCUT2D eigenvalue weighted by molar-refractivity contribution is -0.157. The quantitative estimate of drug-likeness (QED) is 0.765. The Bertz CT molecular complexity index is 645. The van der Waals surface area contributed by atoms with E-state index in [1.54, 1.807) is 20.3 Å². The highest BCUT2D eigenvalue weighted by atomic mass is 32.2. The average molecular weight is 355 g/mol. The third-order valence-electron chi connectivity index (χ3n) is 4.73. The molecule has 0 aromatic carbocycles.